The van der Waals surface area contributed by atoms with Crippen LogP contribution >= 0.6 is 11.3 Å². The van der Waals surface area contributed by atoms with Crippen molar-refractivity contribution in [2.75, 3.05) is 0 Å². The van der Waals surface area contributed by atoms with Crippen LogP contribution in [0.2, 0.25) is 0 Å². The van der Waals surface area contributed by atoms with Crippen molar-refractivity contribution in [3.63, 3.8) is 0 Å². The molecular formula is C22H18N4OS. The summed E-state index contributed by atoms with van der Waals surface area (Å²) in [7, 11) is 3.59. The molecule has 28 heavy (non-hydrogen) atoms. The van der Waals surface area contributed by atoms with Gasteiger partial charge in [0.15, 0.2) is 0 Å². The summed E-state index contributed by atoms with van der Waals surface area (Å²) in [5.41, 5.74) is 6.75. The van der Waals surface area contributed by atoms with Gasteiger partial charge in [0.1, 0.15) is 5.82 Å². The normalized spacial score (nSPS) is 11.4. The number of benzene rings is 2. The second-order valence-electron chi connectivity index (χ2n) is 6.79. The van der Waals surface area contributed by atoms with Gasteiger partial charge in [-0.2, -0.15) is 11.3 Å². The summed E-state index contributed by atoms with van der Waals surface area (Å²) in [5.74, 6) is 0.845. The van der Waals surface area contributed by atoms with Crippen LogP contribution in [0, 0.1) is 0 Å². The maximum Gasteiger partial charge on any atom is 0.328 e. The van der Waals surface area contributed by atoms with Gasteiger partial charge in [0.05, 0.1) is 22.4 Å². The second-order valence-corrected chi connectivity index (χ2v) is 7.57. The van der Waals surface area contributed by atoms with Crippen molar-refractivity contribution >= 4 is 22.4 Å². The summed E-state index contributed by atoms with van der Waals surface area (Å²) in [6.07, 6.45) is 0. The molecule has 0 spiro atoms. The molecule has 2 aromatic carbocycles. The Morgan fingerprint density at radius 3 is 2.43 bits per heavy atom. The highest BCUT2D eigenvalue weighted by atomic mass is 32.1. The predicted octanol–water partition coefficient (Wildman–Crippen LogP) is 4.66. The summed E-state index contributed by atoms with van der Waals surface area (Å²) in [5, 5.41) is 4.13. The highest BCUT2D eigenvalue weighted by Crippen LogP contribution is 2.34. The van der Waals surface area contributed by atoms with E-state index in [9.17, 15) is 4.79 Å². The number of imidazole rings is 2. The molecule has 6 heteroatoms. The first-order valence-corrected chi connectivity index (χ1v) is 9.91. The van der Waals surface area contributed by atoms with Crippen molar-refractivity contribution in [2.24, 2.45) is 14.1 Å². The van der Waals surface area contributed by atoms with Gasteiger partial charge >= 0.3 is 5.69 Å². The Balaban J connectivity index is 1.76. The van der Waals surface area contributed by atoms with E-state index in [2.05, 4.69) is 28.6 Å². The zero-order valence-corrected chi connectivity index (χ0v) is 16.3. The molecule has 5 rings (SSSR count). The number of aromatic nitrogens is 4. The first-order valence-electron chi connectivity index (χ1n) is 8.97. The van der Waals surface area contributed by atoms with Crippen molar-refractivity contribution in [1.29, 1.82) is 0 Å². The molecule has 138 valence electrons. The first kappa shape index (κ1) is 16.8. The maximum absolute atomic E-state index is 12.3. The lowest BCUT2D eigenvalue weighted by Gasteiger charge is -2.04. The maximum atomic E-state index is 12.3. The molecule has 3 heterocycles. The average Bonchev–Trinajstić information content (AvgIpc) is 3.45. The third-order valence-electron chi connectivity index (χ3n) is 5.11. The van der Waals surface area contributed by atoms with Crippen LogP contribution in [0.5, 0.6) is 0 Å². The van der Waals surface area contributed by atoms with E-state index in [1.165, 1.54) is 0 Å². The molecule has 5 aromatic rings. The van der Waals surface area contributed by atoms with Crippen LogP contribution in [-0.2, 0) is 14.1 Å². The SMILES string of the molecule is Cn1c(=O)n(C)c2cc(-c3nc(-c4ccsc4)[nH]c3-c3ccccc3)ccc21. The van der Waals surface area contributed by atoms with Gasteiger partial charge in [0.2, 0.25) is 0 Å². The Kier molecular flexibility index (Phi) is 3.80. The van der Waals surface area contributed by atoms with E-state index in [1.54, 1.807) is 34.6 Å². The van der Waals surface area contributed by atoms with E-state index in [4.69, 9.17) is 4.98 Å². The number of H-pyrrole nitrogens is 1. The summed E-state index contributed by atoms with van der Waals surface area (Å²) in [6, 6.07) is 18.3. The number of fused-ring (bicyclic) bond motifs is 1. The number of rotatable bonds is 3. The van der Waals surface area contributed by atoms with Gasteiger partial charge in [-0.15, -0.1) is 0 Å². The third kappa shape index (κ3) is 2.53. The molecule has 0 saturated carbocycles. The Bertz CT molecular complexity index is 1340. The molecule has 0 amide bonds. The molecule has 5 nitrogen and oxygen atoms in total. The average molecular weight is 386 g/mol. The number of nitrogens with one attached hydrogen (secondary N) is 1. The zero-order valence-electron chi connectivity index (χ0n) is 15.5. The molecule has 0 atom stereocenters. The molecule has 1 N–H and O–H groups in total. The van der Waals surface area contributed by atoms with Gasteiger partial charge in [0, 0.05) is 36.2 Å². The summed E-state index contributed by atoms with van der Waals surface area (Å²) >= 11 is 1.65. The van der Waals surface area contributed by atoms with Crippen molar-refractivity contribution in [3.8, 4) is 33.9 Å². The molecule has 0 bridgehead atoms. The Labute approximate surface area is 165 Å². The lowest BCUT2D eigenvalue weighted by atomic mass is 10.0. The van der Waals surface area contributed by atoms with E-state index in [0.717, 1.165) is 44.9 Å². The standard InChI is InChI=1S/C22H18N4OS/c1-25-17-9-8-15(12-18(17)26(2)22(25)27)20-19(14-6-4-3-5-7-14)23-21(24-20)16-10-11-28-13-16/h3-13H,1-2H3,(H,23,24). The topological polar surface area (TPSA) is 55.6 Å². The number of hydrogen-bond donors (Lipinski definition) is 1. The van der Waals surface area contributed by atoms with Crippen LogP contribution in [0.1, 0.15) is 0 Å². The molecule has 0 fully saturated rings. The van der Waals surface area contributed by atoms with Gasteiger partial charge in [-0.1, -0.05) is 36.4 Å². The van der Waals surface area contributed by atoms with E-state index in [1.807, 2.05) is 41.8 Å². The highest BCUT2D eigenvalue weighted by Gasteiger charge is 2.17. The van der Waals surface area contributed by atoms with E-state index >= 15 is 0 Å². The Hall–Kier alpha value is -3.38. The molecule has 0 aliphatic heterocycles. The fourth-order valence-corrected chi connectivity index (χ4v) is 4.23. The quantitative estimate of drug-likeness (QED) is 0.490. The largest absolute Gasteiger partial charge is 0.337 e. The van der Waals surface area contributed by atoms with E-state index < -0.39 is 0 Å². The molecule has 0 saturated heterocycles. The lowest BCUT2D eigenvalue weighted by Crippen LogP contribution is -2.19. The number of nitrogens with zero attached hydrogens (tertiary/aromatic N) is 3. The van der Waals surface area contributed by atoms with Crippen LogP contribution in [0.4, 0.5) is 0 Å². The van der Waals surface area contributed by atoms with Crippen molar-refractivity contribution in [3.05, 3.63) is 75.8 Å². The van der Waals surface area contributed by atoms with Crippen LogP contribution in [0.3, 0.4) is 0 Å². The summed E-state index contributed by atoms with van der Waals surface area (Å²) in [6.45, 7) is 0. The fourth-order valence-electron chi connectivity index (χ4n) is 3.59. The number of hydrogen-bond acceptors (Lipinski definition) is 3. The van der Waals surface area contributed by atoms with Crippen molar-refractivity contribution in [1.82, 2.24) is 19.1 Å². The fraction of sp³-hybridized carbons (Fsp3) is 0.0909. The van der Waals surface area contributed by atoms with Gasteiger partial charge in [-0.3, -0.25) is 9.13 Å². The van der Waals surface area contributed by atoms with Crippen molar-refractivity contribution < 1.29 is 0 Å². The molecule has 0 aliphatic carbocycles. The van der Waals surface area contributed by atoms with Gasteiger partial charge in [0.25, 0.3) is 0 Å². The molecule has 0 aliphatic rings. The zero-order chi connectivity index (χ0) is 19.3. The second kappa shape index (κ2) is 6.35. The van der Waals surface area contributed by atoms with Crippen LogP contribution in [0.15, 0.2) is 70.2 Å². The van der Waals surface area contributed by atoms with E-state index in [0.29, 0.717) is 0 Å². The molecule has 0 unspecified atom stereocenters. The summed E-state index contributed by atoms with van der Waals surface area (Å²) < 4.78 is 3.34. The third-order valence-corrected chi connectivity index (χ3v) is 5.79. The minimum absolute atomic E-state index is 0.0311. The minimum atomic E-state index is -0.0311. The monoisotopic (exact) mass is 386 g/mol. The minimum Gasteiger partial charge on any atom is -0.337 e. The smallest absolute Gasteiger partial charge is 0.328 e. The van der Waals surface area contributed by atoms with Crippen LogP contribution in [-0.4, -0.2) is 19.1 Å². The number of aromatic amines is 1. The molecule has 0 radical (unpaired) electrons. The predicted molar refractivity (Wildman–Crippen MR) is 114 cm³/mol. The van der Waals surface area contributed by atoms with Gasteiger partial charge < -0.3 is 4.98 Å². The highest BCUT2D eigenvalue weighted by molar-refractivity contribution is 7.08. The van der Waals surface area contributed by atoms with Crippen LogP contribution in [0.25, 0.3) is 44.9 Å². The van der Waals surface area contributed by atoms with Crippen LogP contribution < -0.4 is 5.69 Å². The Morgan fingerprint density at radius 1 is 0.893 bits per heavy atom. The Morgan fingerprint density at radius 2 is 1.68 bits per heavy atom. The molecule has 3 aromatic heterocycles. The lowest BCUT2D eigenvalue weighted by molar-refractivity contribution is 0.795. The van der Waals surface area contributed by atoms with Crippen molar-refractivity contribution in [2.45, 2.75) is 0 Å². The number of aryl methyl sites for hydroxylation is 2. The van der Waals surface area contributed by atoms with E-state index in [-0.39, 0.29) is 5.69 Å². The summed E-state index contributed by atoms with van der Waals surface area (Å²) in [4.78, 5) is 20.7. The number of thiophene rings is 1. The first-order chi connectivity index (χ1) is 13.6. The van der Waals surface area contributed by atoms with Gasteiger partial charge in [-0.05, 0) is 23.6 Å². The molecular weight excluding hydrogens is 368 g/mol. The van der Waals surface area contributed by atoms with Gasteiger partial charge in [-0.25, -0.2) is 9.78 Å².